The maximum absolute atomic E-state index is 3.95. The van der Waals surface area contributed by atoms with Crippen LogP contribution < -0.4 is 5.32 Å². The number of aryl methyl sites for hydroxylation is 1. The molecule has 4 heteroatoms. The Kier molecular flexibility index (Phi) is 3.60. The summed E-state index contributed by atoms with van der Waals surface area (Å²) in [6.45, 7) is 4.00. The number of benzene rings is 1. The fourth-order valence-corrected chi connectivity index (χ4v) is 2.63. The number of hydrogen-bond acceptors (Lipinski definition) is 3. The Morgan fingerprint density at radius 2 is 2.05 bits per heavy atom. The molecule has 1 N–H and O–H groups in total. The molecule has 1 aliphatic carbocycles. The van der Waals surface area contributed by atoms with Crippen LogP contribution in [-0.2, 0) is 6.54 Å². The van der Waals surface area contributed by atoms with Crippen LogP contribution in [0.2, 0.25) is 0 Å². The van der Waals surface area contributed by atoms with Crippen LogP contribution in [0.1, 0.15) is 29.9 Å². The minimum Gasteiger partial charge on any atom is -0.312 e. The second-order valence-electron chi connectivity index (χ2n) is 5.40. The fraction of sp³-hybridized carbons (Fsp3) is 0.467. The van der Waals surface area contributed by atoms with E-state index in [4.69, 9.17) is 0 Å². The van der Waals surface area contributed by atoms with E-state index in [2.05, 4.69) is 46.8 Å². The second kappa shape index (κ2) is 5.53. The summed E-state index contributed by atoms with van der Waals surface area (Å²) in [7, 11) is 0. The molecule has 0 bridgehead atoms. The average molecular weight is 256 g/mol. The summed E-state index contributed by atoms with van der Waals surface area (Å²) in [5, 5.41) is 11.3. The zero-order chi connectivity index (χ0) is 13.1. The molecule has 3 rings (SSSR count). The summed E-state index contributed by atoms with van der Waals surface area (Å²) >= 11 is 0. The van der Waals surface area contributed by atoms with Gasteiger partial charge in [0.2, 0.25) is 0 Å². The monoisotopic (exact) mass is 256 g/mol. The van der Waals surface area contributed by atoms with Crippen molar-refractivity contribution in [1.82, 2.24) is 20.3 Å². The quantitative estimate of drug-likeness (QED) is 0.891. The Bertz CT molecular complexity index is 497. The average Bonchev–Trinajstić information content (AvgIpc) is 2.87. The van der Waals surface area contributed by atoms with Crippen LogP contribution in [-0.4, -0.2) is 27.6 Å². The Hall–Kier alpha value is -1.68. The largest absolute Gasteiger partial charge is 0.312 e. The molecule has 1 aromatic carbocycles. The van der Waals surface area contributed by atoms with Crippen molar-refractivity contribution < 1.29 is 0 Å². The van der Waals surface area contributed by atoms with Gasteiger partial charge in [-0.05, 0) is 31.2 Å². The lowest BCUT2D eigenvalue weighted by Crippen LogP contribution is -2.41. The molecular formula is C15H20N4. The molecule has 1 aromatic heterocycles. The fourth-order valence-electron chi connectivity index (χ4n) is 2.63. The van der Waals surface area contributed by atoms with Crippen molar-refractivity contribution in [2.45, 2.75) is 38.3 Å². The van der Waals surface area contributed by atoms with E-state index in [1.807, 2.05) is 10.9 Å². The van der Waals surface area contributed by atoms with Gasteiger partial charge in [0.25, 0.3) is 0 Å². The van der Waals surface area contributed by atoms with E-state index in [0.717, 1.165) is 19.0 Å². The van der Waals surface area contributed by atoms with Gasteiger partial charge in [-0.25, -0.2) is 0 Å². The van der Waals surface area contributed by atoms with Crippen molar-refractivity contribution in [2.75, 3.05) is 6.54 Å². The first-order valence-electron chi connectivity index (χ1n) is 6.95. The van der Waals surface area contributed by atoms with Crippen LogP contribution in [0.3, 0.4) is 0 Å². The molecule has 1 saturated carbocycles. The molecule has 1 aliphatic rings. The van der Waals surface area contributed by atoms with Gasteiger partial charge in [0.05, 0.1) is 12.7 Å². The van der Waals surface area contributed by atoms with Gasteiger partial charge in [0.15, 0.2) is 0 Å². The van der Waals surface area contributed by atoms with Crippen LogP contribution in [0, 0.1) is 6.92 Å². The highest BCUT2D eigenvalue weighted by atomic mass is 15.4. The molecule has 19 heavy (non-hydrogen) atoms. The van der Waals surface area contributed by atoms with Crippen molar-refractivity contribution in [3.63, 3.8) is 0 Å². The predicted molar refractivity (Wildman–Crippen MR) is 75.0 cm³/mol. The van der Waals surface area contributed by atoms with Gasteiger partial charge in [-0.1, -0.05) is 35.0 Å². The topological polar surface area (TPSA) is 42.7 Å². The normalized spacial score (nSPS) is 22.2. The van der Waals surface area contributed by atoms with E-state index in [1.165, 1.54) is 24.0 Å². The summed E-state index contributed by atoms with van der Waals surface area (Å²) in [4.78, 5) is 0. The van der Waals surface area contributed by atoms with Crippen molar-refractivity contribution in [3.8, 4) is 0 Å². The zero-order valence-corrected chi connectivity index (χ0v) is 11.3. The van der Waals surface area contributed by atoms with Gasteiger partial charge in [-0.2, -0.15) is 0 Å². The Labute approximate surface area is 113 Å². The summed E-state index contributed by atoms with van der Waals surface area (Å²) < 4.78 is 1.86. The molecule has 0 aliphatic heterocycles. The molecule has 0 atom stereocenters. The van der Waals surface area contributed by atoms with Crippen molar-refractivity contribution >= 4 is 0 Å². The zero-order valence-electron chi connectivity index (χ0n) is 11.3. The third-order valence-corrected chi connectivity index (χ3v) is 3.93. The predicted octanol–water partition coefficient (Wildman–Crippen LogP) is 2.12. The van der Waals surface area contributed by atoms with E-state index in [9.17, 15) is 0 Å². The van der Waals surface area contributed by atoms with Gasteiger partial charge in [-0.15, -0.1) is 5.10 Å². The van der Waals surface area contributed by atoms with Gasteiger partial charge in [0.1, 0.15) is 0 Å². The number of rotatable bonds is 5. The second-order valence-corrected chi connectivity index (χ2v) is 5.40. The lowest BCUT2D eigenvalue weighted by Gasteiger charge is -2.36. The third-order valence-electron chi connectivity index (χ3n) is 3.93. The van der Waals surface area contributed by atoms with Gasteiger partial charge < -0.3 is 5.32 Å². The van der Waals surface area contributed by atoms with E-state index in [1.54, 1.807) is 6.20 Å². The smallest absolute Gasteiger partial charge is 0.0692 e. The van der Waals surface area contributed by atoms with Crippen LogP contribution in [0.15, 0.2) is 36.7 Å². The highest BCUT2D eigenvalue weighted by Crippen LogP contribution is 2.36. The molecular weight excluding hydrogens is 236 g/mol. The van der Waals surface area contributed by atoms with Gasteiger partial charge in [0, 0.05) is 18.8 Å². The summed E-state index contributed by atoms with van der Waals surface area (Å²) in [5.74, 6) is 0.740. The minimum absolute atomic E-state index is 0.662. The lowest BCUT2D eigenvalue weighted by molar-refractivity contribution is 0.286. The summed E-state index contributed by atoms with van der Waals surface area (Å²) in [6, 6.07) is 9.62. The first-order valence-corrected chi connectivity index (χ1v) is 6.95. The molecule has 0 radical (unpaired) electrons. The van der Waals surface area contributed by atoms with E-state index < -0.39 is 0 Å². The molecule has 1 fully saturated rings. The SMILES string of the molecule is Cc1ccc(C2CC(NCCn3ccnn3)C2)cc1. The Balaban J connectivity index is 1.39. The number of nitrogens with zero attached hydrogens (tertiary/aromatic N) is 3. The summed E-state index contributed by atoms with van der Waals surface area (Å²) in [5.41, 5.74) is 2.82. The maximum Gasteiger partial charge on any atom is 0.0692 e. The van der Waals surface area contributed by atoms with Crippen molar-refractivity contribution in [3.05, 3.63) is 47.8 Å². The molecule has 2 aromatic rings. The van der Waals surface area contributed by atoms with Crippen LogP contribution in [0.25, 0.3) is 0 Å². The van der Waals surface area contributed by atoms with Crippen LogP contribution in [0.5, 0.6) is 0 Å². The molecule has 0 saturated heterocycles. The molecule has 100 valence electrons. The number of hydrogen-bond donors (Lipinski definition) is 1. The van der Waals surface area contributed by atoms with Crippen molar-refractivity contribution in [1.29, 1.82) is 0 Å². The molecule has 1 heterocycles. The van der Waals surface area contributed by atoms with Gasteiger partial charge >= 0.3 is 0 Å². The Morgan fingerprint density at radius 1 is 1.26 bits per heavy atom. The first-order chi connectivity index (χ1) is 9.31. The molecule has 0 amide bonds. The number of aromatic nitrogens is 3. The van der Waals surface area contributed by atoms with Crippen LogP contribution >= 0.6 is 0 Å². The van der Waals surface area contributed by atoms with E-state index >= 15 is 0 Å². The first kappa shape index (κ1) is 12.4. The molecule has 0 spiro atoms. The van der Waals surface area contributed by atoms with E-state index in [0.29, 0.717) is 6.04 Å². The van der Waals surface area contributed by atoms with Gasteiger partial charge in [-0.3, -0.25) is 4.68 Å². The third kappa shape index (κ3) is 3.01. The highest BCUT2D eigenvalue weighted by Gasteiger charge is 2.29. The van der Waals surface area contributed by atoms with Crippen molar-refractivity contribution in [2.24, 2.45) is 0 Å². The van der Waals surface area contributed by atoms with E-state index in [-0.39, 0.29) is 0 Å². The number of nitrogens with one attached hydrogen (secondary N) is 1. The molecule has 0 unspecified atom stereocenters. The lowest BCUT2D eigenvalue weighted by atomic mass is 9.76. The molecule has 4 nitrogen and oxygen atoms in total. The van der Waals surface area contributed by atoms with Crippen LogP contribution in [0.4, 0.5) is 0 Å². The Morgan fingerprint density at radius 3 is 2.74 bits per heavy atom. The highest BCUT2D eigenvalue weighted by molar-refractivity contribution is 5.26. The summed E-state index contributed by atoms with van der Waals surface area (Å²) in [6.07, 6.45) is 6.12. The maximum atomic E-state index is 3.95. The minimum atomic E-state index is 0.662. The standard InChI is InChI=1S/C15H20N4/c1-12-2-4-13(5-3-12)14-10-15(11-14)16-6-8-19-9-7-17-18-19/h2-5,7,9,14-16H,6,8,10-11H2,1H3.